The summed E-state index contributed by atoms with van der Waals surface area (Å²) >= 11 is 0. The fourth-order valence-electron chi connectivity index (χ4n) is 2.64. The summed E-state index contributed by atoms with van der Waals surface area (Å²) in [5.41, 5.74) is 6.18. The molecule has 0 aliphatic heterocycles. The average Bonchev–Trinajstić information content (AvgIpc) is 2.64. The third-order valence-corrected chi connectivity index (χ3v) is 4.03. The van der Waals surface area contributed by atoms with Crippen LogP contribution in [-0.2, 0) is 16.1 Å². The summed E-state index contributed by atoms with van der Waals surface area (Å²) in [6, 6.07) is 10.9. The lowest BCUT2D eigenvalue weighted by molar-refractivity contribution is -0.136. The molecule has 8 heteroatoms. The van der Waals surface area contributed by atoms with Crippen LogP contribution < -0.4 is 11.1 Å². The van der Waals surface area contributed by atoms with E-state index in [9.17, 15) is 18.4 Å². The Bertz CT molecular complexity index is 805. The van der Waals surface area contributed by atoms with Crippen molar-refractivity contribution in [1.82, 2.24) is 4.90 Å². The number of benzene rings is 2. The van der Waals surface area contributed by atoms with Gasteiger partial charge in [-0.15, -0.1) is 12.4 Å². The third-order valence-electron chi connectivity index (χ3n) is 4.03. The van der Waals surface area contributed by atoms with Crippen molar-refractivity contribution in [1.29, 1.82) is 0 Å². The molecule has 152 valence electrons. The monoisotopic (exact) mass is 411 g/mol. The zero-order valence-electron chi connectivity index (χ0n) is 15.5. The second-order valence-corrected chi connectivity index (χ2v) is 6.21. The molecule has 0 radical (unpaired) electrons. The normalized spacial score (nSPS) is 11.3. The fraction of sp³-hybridized carbons (Fsp3) is 0.300. The molecule has 0 bridgehead atoms. The van der Waals surface area contributed by atoms with E-state index in [4.69, 9.17) is 5.73 Å². The molecule has 1 unspecified atom stereocenters. The van der Waals surface area contributed by atoms with Crippen LogP contribution in [0.2, 0.25) is 0 Å². The molecule has 28 heavy (non-hydrogen) atoms. The topological polar surface area (TPSA) is 75.4 Å². The summed E-state index contributed by atoms with van der Waals surface area (Å²) in [7, 11) is 0. The molecule has 2 aromatic carbocycles. The number of carbonyl (C=O) groups is 2. The smallest absolute Gasteiger partial charge is 0.244 e. The number of amides is 2. The zero-order valence-corrected chi connectivity index (χ0v) is 16.3. The van der Waals surface area contributed by atoms with Crippen molar-refractivity contribution >= 4 is 29.9 Å². The van der Waals surface area contributed by atoms with Crippen LogP contribution in [-0.4, -0.2) is 29.3 Å². The van der Waals surface area contributed by atoms with Gasteiger partial charge in [0.1, 0.15) is 18.2 Å². The van der Waals surface area contributed by atoms with Crippen molar-refractivity contribution in [2.24, 2.45) is 5.73 Å². The summed E-state index contributed by atoms with van der Waals surface area (Å²) in [5.74, 6) is -2.10. The first kappa shape index (κ1) is 23.5. The highest BCUT2D eigenvalue weighted by molar-refractivity contribution is 5.95. The predicted octanol–water partition coefficient (Wildman–Crippen LogP) is 3.48. The van der Waals surface area contributed by atoms with E-state index in [1.807, 2.05) is 6.92 Å². The van der Waals surface area contributed by atoms with Crippen molar-refractivity contribution in [3.8, 4) is 0 Å². The first-order valence-corrected chi connectivity index (χ1v) is 8.74. The molecule has 0 fully saturated rings. The lowest BCUT2D eigenvalue weighted by atomic mass is 10.1. The summed E-state index contributed by atoms with van der Waals surface area (Å²) in [6.45, 7) is 1.42. The molecule has 0 heterocycles. The summed E-state index contributed by atoms with van der Waals surface area (Å²) < 4.78 is 27.7. The number of nitrogens with two attached hydrogens (primary N) is 1. The van der Waals surface area contributed by atoms with Crippen molar-refractivity contribution in [2.45, 2.75) is 32.4 Å². The molecule has 0 saturated carbocycles. The van der Waals surface area contributed by atoms with Crippen LogP contribution in [0, 0.1) is 11.6 Å². The number of anilines is 1. The maximum Gasteiger partial charge on any atom is 0.244 e. The van der Waals surface area contributed by atoms with E-state index < -0.39 is 29.5 Å². The minimum absolute atomic E-state index is 0. The lowest BCUT2D eigenvalue weighted by Crippen LogP contribution is -2.46. The van der Waals surface area contributed by atoms with Gasteiger partial charge in [-0.25, -0.2) is 8.78 Å². The Morgan fingerprint density at radius 2 is 1.68 bits per heavy atom. The van der Waals surface area contributed by atoms with Gasteiger partial charge in [0.25, 0.3) is 0 Å². The van der Waals surface area contributed by atoms with Crippen LogP contribution >= 0.6 is 12.4 Å². The maximum absolute atomic E-state index is 14.0. The largest absolute Gasteiger partial charge is 0.328 e. The van der Waals surface area contributed by atoms with E-state index in [-0.39, 0.29) is 36.7 Å². The minimum Gasteiger partial charge on any atom is -0.328 e. The SMILES string of the molecule is CCCC(N)C(=O)N(CC(=O)Nc1ccccc1F)Cc1ccccc1F.Cl. The van der Waals surface area contributed by atoms with Gasteiger partial charge in [0.15, 0.2) is 0 Å². The Labute approximate surface area is 169 Å². The van der Waals surface area contributed by atoms with Crippen molar-refractivity contribution in [2.75, 3.05) is 11.9 Å². The molecule has 1 atom stereocenters. The molecular weight excluding hydrogens is 388 g/mol. The quantitative estimate of drug-likeness (QED) is 0.698. The van der Waals surface area contributed by atoms with E-state index in [1.165, 1.54) is 35.2 Å². The Kier molecular flexibility index (Phi) is 9.55. The molecule has 0 aromatic heterocycles. The molecule has 2 aromatic rings. The number of carbonyl (C=O) groups excluding carboxylic acids is 2. The Hall–Kier alpha value is -2.51. The van der Waals surface area contributed by atoms with Crippen LogP contribution in [0.1, 0.15) is 25.3 Å². The van der Waals surface area contributed by atoms with E-state index in [0.29, 0.717) is 12.8 Å². The predicted molar refractivity (Wildman–Crippen MR) is 107 cm³/mol. The second kappa shape index (κ2) is 11.4. The van der Waals surface area contributed by atoms with Gasteiger partial charge >= 0.3 is 0 Å². The highest BCUT2D eigenvalue weighted by atomic mass is 35.5. The molecule has 2 amide bonds. The van der Waals surface area contributed by atoms with E-state index in [1.54, 1.807) is 18.2 Å². The molecule has 2 rings (SSSR count). The van der Waals surface area contributed by atoms with Gasteiger partial charge in [0, 0.05) is 12.1 Å². The summed E-state index contributed by atoms with van der Waals surface area (Å²) in [6.07, 6.45) is 1.14. The average molecular weight is 412 g/mol. The Morgan fingerprint density at radius 3 is 2.29 bits per heavy atom. The van der Waals surface area contributed by atoms with Crippen molar-refractivity contribution in [3.63, 3.8) is 0 Å². The third kappa shape index (κ3) is 6.58. The van der Waals surface area contributed by atoms with Gasteiger partial charge in [-0.3, -0.25) is 9.59 Å². The van der Waals surface area contributed by atoms with E-state index in [2.05, 4.69) is 5.32 Å². The first-order valence-electron chi connectivity index (χ1n) is 8.74. The van der Waals surface area contributed by atoms with Crippen LogP contribution in [0.5, 0.6) is 0 Å². The van der Waals surface area contributed by atoms with Crippen molar-refractivity contribution < 1.29 is 18.4 Å². The standard InChI is InChI=1S/C20H23F2N3O2.ClH/c1-2-7-17(23)20(27)25(12-14-8-3-4-9-15(14)21)13-19(26)24-18-11-6-5-10-16(18)22;/h3-6,8-11,17H,2,7,12-13,23H2,1H3,(H,24,26);1H. The lowest BCUT2D eigenvalue weighted by Gasteiger charge is -2.25. The van der Waals surface area contributed by atoms with Gasteiger partial charge in [-0.05, 0) is 24.6 Å². The second-order valence-electron chi connectivity index (χ2n) is 6.21. The number of halogens is 3. The molecule has 0 saturated heterocycles. The fourth-order valence-corrected chi connectivity index (χ4v) is 2.64. The van der Waals surface area contributed by atoms with Gasteiger partial charge in [-0.2, -0.15) is 0 Å². The molecule has 3 N–H and O–H groups in total. The van der Waals surface area contributed by atoms with Gasteiger partial charge in [-0.1, -0.05) is 43.7 Å². The maximum atomic E-state index is 14.0. The molecule has 0 aliphatic carbocycles. The summed E-state index contributed by atoms with van der Waals surface area (Å²) in [4.78, 5) is 26.1. The van der Waals surface area contributed by atoms with Crippen molar-refractivity contribution in [3.05, 3.63) is 65.7 Å². The van der Waals surface area contributed by atoms with Crippen LogP contribution in [0.15, 0.2) is 48.5 Å². The zero-order chi connectivity index (χ0) is 19.8. The molecule has 5 nitrogen and oxygen atoms in total. The van der Waals surface area contributed by atoms with Crippen LogP contribution in [0.3, 0.4) is 0 Å². The summed E-state index contributed by atoms with van der Waals surface area (Å²) in [5, 5.41) is 2.42. The first-order chi connectivity index (χ1) is 12.9. The Balaban J connectivity index is 0.00000392. The molecule has 0 aliphatic rings. The van der Waals surface area contributed by atoms with Crippen LogP contribution in [0.4, 0.5) is 14.5 Å². The number of hydrogen-bond acceptors (Lipinski definition) is 3. The van der Waals surface area contributed by atoms with Gasteiger partial charge in [0.2, 0.25) is 11.8 Å². The van der Waals surface area contributed by atoms with Gasteiger partial charge in [0.05, 0.1) is 11.7 Å². The highest BCUT2D eigenvalue weighted by Crippen LogP contribution is 2.14. The van der Waals surface area contributed by atoms with E-state index in [0.717, 1.165) is 0 Å². The number of nitrogens with zero attached hydrogens (tertiary/aromatic N) is 1. The molecule has 0 spiro atoms. The van der Waals surface area contributed by atoms with Crippen LogP contribution in [0.25, 0.3) is 0 Å². The molecular formula is C20H24ClF2N3O2. The minimum atomic E-state index is -0.789. The number of para-hydroxylation sites is 1. The number of rotatable bonds is 8. The van der Waals surface area contributed by atoms with Gasteiger partial charge < -0.3 is 16.0 Å². The van der Waals surface area contributed by atoms with E-state index >= 15 is 0 Å². The number of hydrogen-bond donors (Lipinski definition) is 2. The Morgan fingerprint density at radius 1 is 1.07 bits per heavy atom. The number of nitrogens with one attached hydrogen (secondary N) is 1. The highest BCUT2D eigenvalue weighted by Gasteiger charge is 2.24.